The summed E-state index contributed by atoms with van der Waals surface area (Å²) in [7, 11) is 0. The highest BCUT2D eigenvalue weighted by Crippen LogP contribution is 2.19. The summed E-state index contributed by atoms with van der Waals surface area (Å²) in [5, 5.41) is 12.6. The Balaban J connectivity index is 2.96. The van der Waals surface area contributed by atoms with E-state index in [9.17, 15) is 4.55 Å². The number of rotatable bonds is 3. The summed E-state index contributed by atoms with van der Waals surface area (Å²) in [6.07, 6.45) is 0.193. The minimum Gasteiger partial charge on any atom is -0.591 e. The molecular weight excluding hydrogens is 240 g/mol. The smallest absolute Gasteiger partial charge is 0.144 e. The van der Waals surface area contributed by atoms with Crippen LogP contribution >= 0.6 is 11.3 Å². The predicted molar refractivity (Wildman–Crippen MR) is 69.0 cm³/mol. The van der Waals surface area contributed by atoms with E-state index in [1.54, 1.807) is 0 Å². The lowest BCUT2D eigenvalue weighted by atomic mass is 10.2. The summed E-state index contributed by atoms with van der Waals surface area (Å²) in [6, 6.07) is 3.94. The third-order valence-electron chi connectivity index (χ3n) is 1.82. The SMILES string of the molecule is CC(C)(C)[S+]([O-])/N=C(\CC#N)c1ccsc1. The number of hydrogen-bond acceptors (Lipinski definition) is 4. The molecule has 0 aromatic carbocycles. The minimum absolute atomic E-state index is 0.193. The van der Waals surface area contributed by atoms with E-state index in [2.05, 4.69) is 10.5 Å². The summed E-state index contributed by atoms with van der Waals surface area (Å²) < 4.78 is 15.6. The molecule has 86 valence electrons. The van der Waals surface area contributed by atoms with Crippen molar-refractivity contribution in [2.45, 2.75) is 31.9 Å². The zero-order valence-corrected chi connectivity index (χ0v) is 11.2. The van der Waals surface area contributed by atoms with Crippen molar-refractivity contribution in [2.24, 2.45) is 4.40 Å². The van der Waals surface area contributed by atoms with Gasteiger partial charge in [0.1, 0.15) is 21.8 Å². The van der Waals surface area contributed by atoms with Gasteiger partial charge in [0.25, 0.3) is 0 Å². The van der Waals surface area contributed by atoms with Gasteiger partial charge in [-0.15, -0.1) is 0 Å². The normalized spacial score (nSPS) is 14.6. The van der Waals surface area contributed by atoms with E-state index in [1.165, 1.54) is 11.3 Å². The highest BCUT2D eigenvalue weighted by Gasteiger charge is 2.27. The van der Waals surface area contributed by atoms with Gasteiger partial charge in [0.15, 0.2) is 0 Å². The number of nitrogens with zero attached hydrogens (tertiary/aromatic N) is 2. The predicted octanol–water partition coefficient (Wildman–Crippen LogP) is 2.91. The molecule has 5 heteroatoms. The lowest BCUT2D eigenvalue weighted by molar-refractivity contribution is 0.561. The Morgan fingerprint density at radius 2 is 2.31 bits per heavy atom. The lowest BCUT2D eigenvalue weighted by Crippen LogP contribution is -2.27. The van der Waals surface area contributed by atoms with E-state index < -0.39 is 16.1 Å². The van der Waals surface area contributed by atoms with Crippen LogP contribution in [0.5, 0.6) is 0 Å². The van der Waals surface area contributed by atoms with E-state index >= 15 is 0 Å². The second-order valence-corrected chi connectivity index (χ2v) is 6.93. The number of nitriles is 1. The maximum atomic E-state index is 11.9. The van der Waals surface area contributed by atoms with Crippen LogP contribution in [0.1, 0.15) is 32.8 Å². The summed E-state index contributed by atoms with van der Waals surface area (Å²) in [5.74, 6) is 0. The standard InChI is InChI=1S/C11H14N2OS2/c1-11(2,3)16(14)13-10(4-6-12)9-5-7-15-8-9/h5,7-8H,4H2,1-3H3/b13-10+. The molecule has 0 aliphatic rings. The molecule has 0 N–H and O–H groups in total. The molecule has 0 saturated heterocycles. The molecule has 0 amide bonds. The lowest BCUT2D eigenvalue weighted by Gasteiger charge is -2.18. The Hall–Kier alpha value is -0.830. The van der Waals surface area contributed by atoms with Crippen molar-refractivity contribution in [3.8, 4) is 6.07 Å². The van der Waals surface area contributed by atoms with E-state index in [0.29, 0.717) is 5.71 Å². The first kappa shape index (κ1) is 13.2. The number of thiophene rings is 1. The van der Waals surface area contributed by atoms with E-state index in [4.69, 9.17) is 5.26 Å². The molecule has 0 radical (unpaired) electrons. The molecule has 0 bridgehead atoms. The van der Waals surface area contributed by atoms with Gasteiger partial charge >= 0.3 is 0 Å². The van der Waals surface area contributed by atoms with Gasteiger partial charge in [-0.05, 0) is 37.6 Å². The molecule has 0 fully saturated rings. The average Bonchev–Trinajstić information content (AvgIpc) is 2.68. The molecule has 0 aliphatic heterocycles. The van der Waals surface area contributed by atoms with Crippen LogP contribution in [-0.2, 0) is 11.4 Å². The summed E-state index contributed by atoms with van der Waals surface area (Å²) in [4.78, 5) is 0. The summed E-state index contributed by atoms with van der Waals surface area (Å²) in [6.45, 7) is 5.60. The first-order valence-electron chi connectivity index (χ1n) is 4.84. The Morgan fingerprint density at radius 1 is 1.62 bits per heavy atom. The number of hydrogen-bond donors (Lipinski definition) is 0. The van der Waals surface area contributed by atoms with Crippen molar-refractivity contribution in [3.05, 3.63) is 22.4 Å². The molecule has 0 saturated carbocycles. The first-order valence-corrected chi connectivity index (χ1v) is 6.89. The van der Waals surface area contributed by atoms with Gasteiger partial charge in [0.2, 0.25) is 0 Å². The second-order valence-electron chi connectivity index (χ2n) is 4.25. The molecule has 0 aliphatic carbocycles. The summed E-state index contributed by atoms with van der Waals surface area (Å²) in [5.41, 5.74) is 1.50. The van der Waals surface area contributed by atoms with Crippen molar-refractivity contribution < 1.29 is 4.55 Å². The average molecular weight is 254 g/mol. The van der Waals surface area contributed by atoms with Gasteiger partial charge in [0.05, 0.1) is 12.5 Å². The molecule has 1 aromatic heterocycles. The largest absolute Gasteiger partial charge is 0.591 e. The van der Waals surface area contributed by atoms with Gasteiger partial charge in [-0.2, -0.15) is 16.6 Å². The van der Waals surface area contributed by atoms with Crippen LogP contribution in [0.3, 0.4) is 0 Å². The van der Waals surface area contributed by atoms with E-state index in [-0.39, 0.29) is 6.42 Å². The van der Waals surface area contributed by atoms with Crippen LogP contribution in [0.15, 0.2) is 21.2 Å². The zero-order valence-electron chi connectivity index (χ0n) is 9.56. The fraction of sp³-hybridized carbons (Fsp3) is 0.455. The Bertz CT molecular complexity index is 399. The van der Waals surface area contributed by atoms with Crippen LogP contribution < -0.4 is 0 Å². The van der Waals surface area contributed by atoms with Gasteiger partial charge in [-0.3, -0.25) is 0 Å². The topological polar surface area (TPSA) is 59.2 Å². The van der Waals surface area contributed by atoms with Crippen molar-refractivity contribution in [3.63, 3.8) is 0 Å². The molecule has 1 atom stereocenters. The van der Waals surface area contributed by atoms with E-state index in [0.717, 1.165) is 5.56 Å². The van der Waals surface area contributed by atoms with Crippen molar-refractivity contribution in [2.75, 3.05) is 0 Å². The molecule has 3 nitrogen and oxygen atoms in total. The van der Waals surface area contributed by atoms with Crippen LogP contribution in [0.4, 0.5) is 0 Å². The Kier molecular flexibility index (Phi) is 4.54. The van der Waals surface area contributed by atoms with Crippen LogP contribution in [0.25, 0.3) is 0 Å². The first-order chi connectivity index (χ1) is 7.45. The van der Waals surface area contributed by atoms with E-state index in [1.807, 2.05) is 37.6 Å². The zero-order chi connectivity index (χ0) is 12.2. The molecule has 1 unspecified atom stereocenters. The second kappa shape index (κ2) is 5.48. The highest BCUT2D eigenvalue weighted by atomic mass is 32.2. The van der Waals surface area contributed by atoms with Gasteiger partial charge < -0.3 is 4.55 Å². The Labute approximate surface area is 103 Å². The van der Waals surface area contributed by atoms with Crippen LogP contribution in [-0.4, -0.2) is 15.0 Å². The van der Waals surface area contributed by atoms with Gasteiger partial charge in [0, 0.05) is 5.56 Å². The molecular formula is C11H14N2OS2. The molecule has 0 spiro atoms. The maximum absolute atomic E-state index is 11.9. The summed E-state index contributed by atoms with van der Waals surface area (Å²) >= 11 is 0.227. The Morgan fingerprint density at radius 3 is 2.75 bits per heavy atom. The minimum atomic E-state index is -1.31. The molecule has 1 heterocycles. The third kappa shape index (κ3) is 3.63. The highest BCUT2D eigenvalue weighted by molar-refractivity contribution is 7.91. The molecule has 1 rings (SSSR count). The third-order valence-corrected chi connectivity index (χ3v) is 3.94. The van der Waals surface area contributed by atoms with Crippen molar-refractivity contribution in [1.29, 1.82) is 5.26 Å². The van der Waals surface area contributed by atoms with Crippen LogP contribution in [0.2, 0.25) is 0 Å². The molecule has 16 heavy (non-hydrogen) atoms. The van der Waals surface area contributed by atoms with Gasteiger partial charge in [-0.1, -0.05) is 4.40 Å². The fourth-order valence-corrected chi connectivity index (χ4v) is 2.24. The van der Waals surface area contributed by atoms with Crippen molar-refractivity contribution >= 4 is 28.4 Å². The van der Waals surface area contributed by atoms with Crippen LogP contribution in [0, 0.1) is 11.3 Å². The fourth-order valence-electron chi connectivity index (χ4n) is 0.928. The van der Waals surface area contributed by atoms with Gasteiger partial charge in [-0.25, -0.2) is 0 Å². The monoisotopic (exact) mass is 254 g/mol. The molecule has 1 aromatic rings. The quantitative estimate of drug-likeness (QED) is 0.615. The van der Waals surface area contributed by atoms with Crippen molar-refractivity contribution in [1.82, 2.24) is 0 Å². The maximum Gasteiger partial charge on any atom is 0.144 e.